The van der Waals surface area contributed by atoms with E-state index in [0.29, 0.717) is 22.1 Å². The zero-order valence-corrected chi connectivity index (χ0v) is 21.7. The van der Waals surface area contributed by atoms with Crippen LogP contribution in [0.15, 0.2) is 76.2 Å². The number of aliphatic carboxylic acids is 1. The number of carbonyl (C=O) groups excluding carboxylic acids is 1. The summed E-state index contributed by atoms with van der Waals surface area (Å²) in [6, 6.07) is 19.7. The van der Waals surface area contributed by atoms with Gasteiger partial charge in [-0.25, -0.2) is 10.2 Å². The summed E-state index contributed by atoms with van der Waals surface area (Å²) in [7, 11) is 0. The number of furan rings is 1. The van der Waals surface area contributed by atoms with Crippen molar-refractivity contribution < 1.29 is 28.6 Å². The summed E-state index contributed by atoms with van der Waals surface area (Å²) in [6.07, 6.45) is 0.230. The fourth-order valence-corrected chi connectivity index (χ4v) is 3.86. The van der Waals surface area contributed by atoms with Gasteiger partial charge in [0, 0.05) is 27.7 Å². The molecule has 38 heavy (non-hydrogen) atoms. The first-order chi connectivity index (χ1) is 18.2. The highest BCUT2D eigenvalue weighted by atomic mass is 35.5. The molecule has 1 atom stereocenters. The summed E-state index contributed by atoms with van der Waals surface area (Å²) >= 11 is 6.02. The molecular weight excluding hydrogens is 510 g/mol. The van der Waals surface area contributed by atoms with Crippen molar-refractivity contribution in [1.82, 2.24) is 9.99 Å². The second-order valence-electron chi connectivity index (χ2n) is 8.48. The van der Waals surface area contributed by atoms with Crippen molar-refractivity contribution in [3.63, 3.8) is 0 Å². The number of amides is 1. The largest absolute Gasteiger partial charge is 0.486 e. The van der Waals surface area contributed by atoms with E-state index in [1.165, 1.54) is 31.3 Å². The highest BCUT2D eigenvalue weighted by Gasteiger charge is 2.15. The van der Waals surface area contributed by atoms with Crippen LogP contribution in [-0.2, 0) is 11.4 Å². The number of carbonyl (C=O) groups is 2. The van der Waals surface area contributed by atoms with E-state index >= 15 is 0 Å². The molecule has 0 fully saturated rings. The number of nitrogens with one attached hydrogen (secondary N) is 1. The smallest absolute Gasteiger partial charge is 0.344 e. The van der Waals surface area contributed by atoms with Crippen molar-refractivity contribution in [2.75, 3.05) is 0 Å². The molecule has 0 saturated carbocycles. The lowest BCUT2D eigenvalue weighted by Gasteiger charge is -2.12. The van der Waals surface area contributed by atoms with Gasteiger partial charge < -0.3 is 23.6 Å². The SMILES string of the molecule is Cc1ccc(C)n1-c1ccc(OCc2ccc(C(=O)N/N=C/c3cc(Cl)ccc3O[C@H](C)C(=O)O)o2)cc1. The number of halogens is 1. The molecule has 0 aliphatic carbocycles. The molecule has 2 aromatic carbocycles. The zero-order chi connectivity index (χ0) is 27.2. The minimum atomic E-state index is -1.12. The predicted octanol–water partition coefficient (Wildman–Crippen LogP) is 5.54. The second-order valence-corrected chi connectivity index (χ2v) is 8.92. The quantitative estimate of drug-likeness (QED) is 0.204. The number of rotatable bonds is 10. The molecule has 10 heteroatoms. The van der Waals surface area contributed by atoms with Crippen molar-refractivity contribution >= 4 is 29.7 Å². The number of hydrogen-bond acceptors (Lipinski definition) is 6. The van der Waals surface area contributed by atoms with Gasteiger partial charge in [-0.15, -0.1) is 0 Å². The van der Waals surface area contributed by atoms with Crippen molar-refractivity contribution in [2.45, 2.75) is 33.5 Å². The normalized spacial score (nSPS) is 11.9. The van der Waals surface area contributed by atoms with E-state index in [2.05, 4.69) is 41.1 Å². The van der Waals surface area contributed by atoms with Gasteiger partial charge in [0.25, 0.3) is 0 Å². The number of benzene rings is 2. The summed E-state index contributed by atoms with van der Waals surface area (Å²) < 4.78 is 18.9. The van der Waals surface area contributed by atoms with Gasteiger partial charge in [-0.3, -0.25) is 4.79 Å². The number of aromatic nitrogens is 1. The third-order valence-electron chi connectivity index (χ3n) is 5.63. The average Bonchev–Trinajstić information content (AvgIpc) is 3.50. The third-order valence-corrected chi connectivity index (χ3v) is 5.86. The number of carboxylic acids is 1. The van der Waals surface area contributed by atoms with Crippen molar-refractivity contribution in [3.8, 4) is 17.2 Å². The van der Waals surface area contributed by atoms with Gasteiger partial charge in [0.15, 0.2) is 11.9 Å². The Morgan fingerprint density at radius 2 is 1.79 bits per heavy atom. The van der Waals surface area contributed by atoms with Gasteiger partial charge in [-0.05, 0) is 87.5 Å². The van der Waals surface area contributed by atoms with Crippen molar-refractivity contribution in [1.29, 1.82) is 0 Å². The van der Waals surface area contributed by atoms with E-state index in [-0.39, 0.29) is 18.1 Å². The van der Waals surface area contributed by atoms with Crippen LogP contribution in [0.4, 0.5) is 0 Å². The minimum absolute atomic E-state index is 0.0525. The van der Waals surface area contributed by atoms with Gasteiger partial charge >= 0.3 is 11.9 Å². The Kier molecular flexibility index (Phi) is 8.18. The van der Waals surface area contributed by atoms with Crippen LogP contribution in [0.5, 0.6) is 11.5 Å². The van der Waals surface area contributed by atoms with E-state index in [1.54, 1.807) is 12.1 Å². The number of ether oxygens (including phenoxy) is 2. The number of hydrogen-bond donors (Lipinski definition) is 2. The van der Waals surface area contributed by atoms with Crippen LogP contribution >= 0.6 is 11.6 Å². The van der Waals surface area contributed by atoms with E-state index in [0.717, 1.165) is 17.1 Å². The first-order valence-electron chi connectivity index (χ1n) is 11.7. The van der Waals surface area contributed by atoms with E-state index in [9.17, 15) is 9.59 Å². The lowest BCUT2D eigenvalue weighted by atomic mass is 10.2. The van der Waals surface area contributed by atoms with Gasteiger partial charge in [0.1, 0.15) is 23.9 Å². The lowest BCUT2D eigenvalue weighted by Crippen LogP contribution is -2.23. The monoisotopic (exact) mass is 535 g/mol. The molecule has 4 rings (SSSR count). The van der Waals surface area contributed by atoms with Gasteiger partial charge in [-0.2, -0.15) is 5.10 Å². The summed E-state index contributed by atoms with van der Waals surface area (Å²) in [6.45, 7) is 5.65. The molecule has 0 aliphatic heterocycles. The Balaban J connectivity index is 1.33. The Labute approximate surface area is 224 Å². The van der Waals surface area contributed by atoms with Gasteiger partial charge in [-0.1, -0.05) is 11.6 Å². The molecule has 0 spiro atoms. The topological polar surface area (TPSA) is 115 Å². The van der Waals surface area contributed by atoms with Crippen LogP contribution in [0.1, 0.15) is 40.2 Å². The molecule has 4 aromatic rings. The molecule has 196 valence electrons. The minimum Gasteiger partial charge on any atom is -0.486 e. The Morgan fingerprint density at radius 1 is 1.08 bits per heavy atom. The standard InChI is InChI=1S/C28H26ClN3O6/c1-17-4-5-18(2)32(17)22-7-9-23(10-8-22)36-16-24-11-13-26(38-24)27(33)31-30-15-20-14-21(29)6-12-25(20)37-19(3)28(34)35/h4-15,19H,16H2,1-3H3,(H,31,33)(H,34,35)/b30-15+/t19-/m1/s1. The maximum Gasteiger partial charge on any atom is 0.344 e. The van der Waals surface area contributed by atoms with Crippen molar-refractivity contribution in [3.05, 3.63) is 100 Å². The number of carboxylic acid groups (broad SMARTS) is 1. The first-order valence-corrected chi connectivity index (χ1v) is 12.1. The lowest BCUT2D eigenvalue weighted by molar-refractivity contribution is -0.144. The molecule has 2 heterocycles. The van der Waals surface area contributed by atoms with Gasteiger partial charge in [0.2, 0.25) is 0 Å². The van der Waals surface area contributed by atoms with Crippen LogP contribution < -0.4 is 14.9 Å². The molecular formula is C28H26ClN3O6. The molecule has 2 N–H and O–H groups in total. The van der Waals surface area contributed by atoms with E-state index in [4.69, 9.17) is 30.6 Å². The molecule has 0 radical (unpaired) electrons. The highest BCUT2D eigenvalue weighted by Crippen LogP contribution is 2.23. The van der Waals surface area contributed by atoms with Crippen LogP contribution in [-0.4, -0.2) is 33.9 Å². The molecule has 0 aliphatic rings. The predicted molar refractivity (Wildman–Crippen MR) is 143 cm³/mol. The number of nitrogens with zero attached hydrogens (tertiary/aromatic N) is 2. The average molecular weight is 536 g/mol. The fraction of sp³-hybridized carbons (Fsp3) is 0.179. The van der Waals surface area contributed by atoms with Crippen LogP contribution in [0.25, 0.3) is 5.69 Å². The highest BCUT2D eigenvalue weighted by molar-refractivity contribution is 6.30. The Hall–Kier alpha value is -4.50. The van der Waals surface area contributed by atoms with Crippen LogP contribution in [0.2, 0.25) is 5.02 Å². The fourth-order valence-electron chi connectivity index (χ4n) is 3.68. The zero-order valence-electron chi connectivity index (χ0n) is 21.0. The Bertz CT molecular complexity index is 1450. The van der Waals surface area contributed by atoms with E-state index in [1.807, 2.05) is 24.3 Å². The third kappa shape index (κ3) is 6.43. The molecule has 0 unspecified atom stereocenters. The number of aryl methyl sites for hydroxylation is 2. The number of hydrazone groups is 1. The van der Waals surface area contributed by atoms with Gasteiger partial charge in [0.05, 0.1) is 6.21 Å². The molecule has 0 saturated heterocycles. The maximum absolute atomic E-state index is 12.4. The molecule has 2 aromatic heterocycles. The molecule has 9 nitrogen and oxygen atoms in total. The maximum atomic E-state index is 12.4. The van der Waals surface area contributed by atoms with Crippen LogP contribution in [0, 0.1) is 13.8 Å². The summed E-state index contributed by atoms with van der Waals surface area (Å²) in [5.41, 5.74) is 6.10. The van der Waals surface area contributed by atoms with E-state index < -0.39 is 18.0 Å². The van der Waals surface area contributed by atoms with Crippen molar-refractivity contribution in [2.24, 2.45) is 5.10 Å². The van der Waals surface area contributed by atoms with Crippen LogP contribution in [0.3, 0.4) is 0 Å². The summed E-state index contributed by atoms with van der Waals surface area (Å²) in [5, 5.41) is 13.4. The summed E-state index contributed by atoms with van der Waals surface area (Å²) in [5.74, 6) is -0.248. The second kappa shape index (κ2) is 11.7. The summed E-state index contributed by atoms with van der Waals surface area (Å²) in [4.78, 5) is 23.5. The molecule has 1 amide bonds. The molecule has 0 bridgehead atoms. The Morgan fingerprint density at radius 3 is 2.47 bits per heavy atom. The first kappa shape index (κ1) is 26.6.